The Balaban J connectivity index is 1.88. The van der Waals surface area contributed by atoms with Crippen LogP contribution in [-0.2, 0) is 23.6 Å². The van der Waals surface area contributed by atoms with Crippen molar-refractivity contribution in [1.82, 2.24) is 9.78 Å². The SMILES string of the molecule is Cn1ccc(CC(O)C2(c3ccccc3)CCOCC2)n1. The summed E-state index contributed by atoms with van der Waals surface area (Å²) in [7, 11) is 1.90. The first-order valence-electron chi connectivity index (χ1n) is 7.50. The average molecular weight is 286 g/mol. The van der Waals surface area contributed by atoms with Gasteiger partial charge in [0.15, 0.2) is 0 Å². The highest BCUT2D eigenvalue weighted by Crippen LogP contribution is 2.39. The van der Waals surface area contributed by atoms with Crippen LogP contribution >= 0.6 is 0 Å². The third-order valence-corrected chi connectivity index (χ3v) is 4.54. The zero-order chi connectivity index (χ0) is 14.7. The van der Waals surface area contributed by atoms with Crippen molar-refractivity contribution < 1.29 is 9.84 Å². The summed E-state index contributed by atoms with van der Waals surface area (Å²) in [5.74, 6) is 0. The molecule has 1 aliphatic rings. The maximum Gasteiger partial charge on any atom is 0.0694 e. The Morgan fingerprint density at radius 1 is 1.24 bits per heavy atom. The lowest BCUT2D eigenvalue weighted by atomic mass is 9.69. The Morgan fingerprint density at radius 3 is 2.57 bits per heavy atom. The van der Waals surface area contributed by atoms with E-state index in [0.29, 0.717) is 19.6 Å². The first-order chi connectivity index (χ1) is 10.2. The fourth-order valence-corrected chi connectivity index (χ4v) is 3.29. The predicted molar refractivity (Wildman–Crippen MR) is 81.1 cm³/mol. The first kappa shape index (κ1) is 14.3. The molecule has 2 aromatic rings. The molecule has 1 aliphatic heterocycles. The highest BCUT2D eigenvalue weighted by Gasteiger charge is 2.41. The number of ether oxygens (including phenoxy) is 1. The van der Waals surface area contributed by atoms with Crippen molar-refractivity contribution in [2.24, 2.45) is 7.05 Å². The Labute approximate surface area is 125 Å². The summed E-state index contributed by atoms with van der Waals surface area (Å²) >= 11 is 0. The van der Waals surface area contributed by atoms with Crippen LogP contribution < -0.4 is 0 Å². The van der Waals surface area contributed by atoms with Gasteiger partial charge in [0, 0.05) is 38.3 Å². The van der Waals surface area contributed by atoms with Crippen molar-refractivity contribution in [2.75, 3.05) is 13.2 Å². The molecular weight excluding hydrogens is 264 g/mol. The number of benzene rings is 1. The topological polar surface area (TPSA) is 47.3 Å². The summed E-state index contributed by atoms with van der Waals surface area (Å²) in [6.07, 6.45) is 3.76. The quantitative estimate of drug-likeness (QED) is 0.936. The van der Waals surface area contributed by atoms with E-state index in [-0.39, 0.29) is 5.41 Å². The molecular formula is C17H22N2O2. The number of nitrogens with zero attached hydrogens (tertiary/aromatic N) is 2. The van der Waals surface area contributed by atoms with Gasteiger partial charge in [0.25, 0.3) is 0 Å². The van der Waals surface area contributed by atoms with Gasteiger partial charge in [0.2, 0.25) is 0 Å². The van der Waals surface area contributed by atoms with E-state index in [1.54, 1.807) is 4.68 Å². The molecule has 0 spiro atoms. The molecule has 1 atom stereocenters. The van der Waals surface area contributed by atoms with Gasteiger partial charge < -0.3 is 9.84 Å². The smallest absolute Gasteiger partial charge is 0.0694 e. The van der Waals surface area contributed by atoms with E-state index >= 15 is 0 Å². The summed E-state index contributed by atoms with van der Waals surface area (Å²) in [6, 6.07) is 12.3. The molecule has 0 amide bonds. The molecule has 112 valence electrons. The Kier molecular flexibility index (Phi) is 4.08. The van der Waals surface area contributed by atoms with E-state index in [1.807, 2.05) is 37.5 Å². The van der Waals surface area contributed by atoms with Gasteiger partial charge in [0.05, 0.1) is 11.8 Å². The van der Waals surface area contributed by atoms with Crippen molar-refractivity contribution in [2.45, 2.75) is 30.8 Å². The third-order valence-electron chi connectivity index (χ3n) is 4.54. The summed E-state index contributed by atoms with van der Waals surface area (Å²) in [4.78, 5) is 0. The molecule has 0 radical (unpaired) electrons. The third kappa shape index (κ3) is 2.87. The minimum Gasteiger partial charge on any atom is -0.392 e. The van der Waals surface area contributed by atoms with Crippen LogP contribution in [0.15, 0.2) is 42.6 Å². The molecule has 4 heteroatoms. The number of aliphatic hydroxyl groups excluding tert-OH is 1. The molecule has 1 saturated heterocycles. The molecule has 0 saturated carbocycles. The van der Waals surface area contributed by atoms with Crippen LogP contribution in [0.3, 0.4) is 0 Å². The lowest BCUT2D eigenvalue weighted by molar-refractivity contribution is -0.0158. The van der Waals surface area contributed by atoms with Gasteiger partial charge in [-0.3, -0.25) is 4.68 Å². The van der Waals surface area contributed by atoms with E-state index in [2.05, 4.69) is 17.2 Å². The van der Waals surface area contributed by atoms with E-state index in [4.69, 9.17) is 4.74 Å². The lowest BCUT2D eigenvalue weighted by Gasteiger charge is -2.41. The largest absolute Gasteiger partial charge is 0.392 e. The number of aryl methyl sites for hydroxylation is 1. The minimum absolute atomic E-state index is 0.225. The summed E-state index contributed by atoms with van der Waals surface area (Å²) < 4.78 is 7.30. The van der Waals surface area contributed by atoms with Gasteiger partial charge >= 0.3 is 0 Å². The van der Waals surface area contributed by atoms with Gasteiger partial charge in [-0.05, 0) is 24.5 Å². The fourth-order valence-electron chi connectivity index (χ4n) is 3.29. The zero-order valence-corrected chi connectivity index (χ0v) is 12.4. The van der Waals surface area contributed by atoms with Crippen LogP contribution in [0.4, 0.5) is 0 Å². The van der Waals surface area contributed by atoms with Crippen LogP contribution in [0.2, 0.25) is 0 Å². The van der Waals surface area contributed by atoms with Crippen molar-refractivity contribution in [3.05, 3.63) is 53.9 Å². The zero-order valence-electron chi connectivity index (χ0n) is 12.4. The fraction of sp³-hybridized carbons (Fsp3) is 0.471. The van der Waals surface area contributed by atoms with Crippen LogP contribution in [0.1, 0.15) is 24.1 Å². The van der Waals surface area contributed by atoms with Gasteiger partial charge in [-0.1, -0.05) is 30.3 Å². The number of hydrogen-bond donors (Lipinski definition) is 1. The van der Waals surface area contributed by atoms with Crippen LogP contribution in [0.5, 0.6) is 0 Å². The average Bonchev–Trinajstić information content (AvgIpc) is 2.94. The van der Waals surface area contributed by atoms with Crippen molar-refractivity contribution in [3.63, 3.8) is 0 Å². The molecule has 1 unspecified atom stereocenters. The molecule has 0 aliphatic carbocycles. The highest BCUT2D eigenvalue weighted by molar-refractivity contribution is 5.28. The molecule has 1 aromatic carbocycles. The molecule has 1 aromatic heterocycles. The maximum atomic E-state index is 10.9. The predicted octanol–water partition coefficient (Wildman–Crippen LogP) is 2.07. The summed E-state index contributed by atoms with van der Waals surface area (Å²) in [5.41, 5.74) is 1.92. The molecule has 21 heavy (non-hydrogen) atoms. The maximum absolute atomic E-state index is 10.9. The van der Waals surface area contributed by atoms with Crippen molar-refractivity contribution in [3.8, 4) is 0 Å². The standard InChI is InChI=1S/C17H22N2O2/c1-19-10-7-15(18-19)13-16(20)17(8-11-21-12-9-17)14-5-3-2-4-6-14/h2-7,10,16,20H,8-9,11-13H2,1H3. The number of rotatable bonds is 4. The molecule has 3 rings (SSSR count). The molecule has 4 nitrogen and oxygen atoms in total. The van der Waals surface area contributed by atoms with E-state index < -0.39 is 6.10 Å². The number of aliphatic hydroxyl groups is 1. The second-order valence-corrected chi connectivity index (χ2v) is 5.84. The monoisotopic (exact) mass is 286 g/mol. The molecule has 2 heterocycles. The number of hydrogen-bond acceptors (Lipinski definition) is 3. The highest BCUT2D eigenvalue weighted by atomic mass is 16.5. The van der Waals surface area contributed by atoms with Gasteiger partial charge in [-0.2, -0.15) is 5.10 Å². The molecule has 1 N–H and O–H groups in total. The minimum atomic E-state index is -0.446. The van der Waals surface area contributed by atoms with Gasteiger partial charge in [-0.15, -0.1) is 0 Å². The second kappa shape index (κ2) is 6.00. The molecule has 0 bridgehead atoms. The Bertz CT molecular complexity index is 573. The van der Waals surface area contributed by atoms with Crippen LogP contribution in [0, 0.1) is 0 Å². The van der Waals surface area contributed by atoms with Crippen molar-refractivity contribution >= 4 is 0 Å². The normalized spacial score (nSPS) is 19.3. The van der Waals surface area contributed by atoms with E-state index in [0.717, 1.165) is 18.5 Å². The Morgan fingerprint density at radius 2 is 1.95 bits per heavy atom. The van der Waals surface area contributed by atoms with E-state index in [9.17, 15) is 5.11 Å². The second-order valence-electron chi connectivity index (χ2n) is 5.84. The summed E-state index contributed by atoms with van der Waals surface area (Å²) in [5, 5.41) is 15.3. The van der Waals surface area contributed by atoms with Crippen LogP contribution in [0.25, 0.3) is 0 Å². The summed E-state index contributed by atoms with van der Waals surface area (Å²) in [6.45, 7) is 1.41. The van der Waals surface area contributed by atoms with Gasteiger partial charge in [0.1, 0.15) is 0 Å². The van der Waals surface area contributed by atoms with E-state index in [1.165, 1.54) is 5.56 Å². The van der Waals surface area contributed by atoms with Crippen LogP contribution in [-0.4, -0.2) is 34.2 Å². The molecule has 1 fully saturated rings. The van der Waals surface area contributed by atoms with Crippen molar-refractivity contribution in [1.29, 1.82) is 0 Å². The van der Waals surface area contributed by atoms with Gasteiger partial charge in [-0.25, -0.2) is 0 Å². The lowest BCUT2D eigenvalue weighted by Crippen LogP contribution is -2.45. The number of aromatic nitrogens is 2. The Hall–Kier alpha value is -1.65. The first-order valence-corrected chi connectivity index (χ1v) is 7.50.